The zero-order chi connectivity index (χ0) is 13.8. The Morgan fingerprint density at radius 3 is 2.83 bits per heavy atom. The van der Waals surface area contributed by atoms with E-state index in [2.05, 4.69) is 5.32 Å². The average Bonchev–Trinajstić information content (AvgIpc) is 2.35. The number of nitriles is 1. The van der Waals surface area contributed by atoms with Gasteiger partial charge in [0.25, 0.3) is 0 Å². The molecule has 96 valence electrons. The van der Waals surface area contributed by atoms with Crippen LogP contribution in [0.2, 0.25) is 0 Å². The van der Waals surface area contributed by atoms with Crippen LogP contribution in [0.4, 0.5) is 10.1 Å². The summed E-state index contributed by atoms with van der Waals surface area (Å²) in [5.41, 5.74) is -1.34. The van der Waals surface area contributed by atoms with E-state index in [0.717, 1.165) is 18.2 Å². The van der Waals surface area contributed by atoms with Gasteiger partial charge >= 0.3 is 5.69 Å². The lowest BCUT2D eigenvalue weighted by Crippen LogP contribution is -2.43. The summed E-state index contributed by atoms with van der Waals surface area (Å²) in [6.45, 7) is 1.43. The third-order valence-electron chi connectivity index (χ3n) is 2.43. The normalized spacial score (nSPS) is 13.4. The van der Waals surface area contributed by atoms with Crippen molar-refractivity contribution in [1.29, 1.82) is 5.26 Å². The molecule has 1 aromatic rings. The summed E-state index contributed by atoms with van der Waals surface area (Å²) in [5, 5.41) is 22.3. The number of nitro groups is 1. The summed E-state index contributed by atoms with van der Waals surface area (Å²) in [6.07, 6.45) is 0. The van der Waals surface area contributed by atoms with Crippen LogP contribution in [-0.2, 0) is 0 Å². The molecule has 0 radical (unpaired) electrons. The van der Waals surface area contributed by atoms with Crippen molar-refractivity contribution in [2.24, 2.45) is 0 Å². The van der Waals surface area contributed by atoms with Gasteiger partial charge in [0.15, 0.2) is 5.75 Å². The van der Waals surface area contributed by atoms with Crippen LogP contribution in [-0.4, -0.2) is 24.1 Å². The second-order valence-corrected chi connectivity index (χ2v) is 3.85. The van der Waals surface area contributed by atoms with Crippen molar-refractivity contribution in [2.45, 2.75) is 12.5 Å². The van der Waals surface area contributed by atoms with Gasteiger partial charge in [-0.25, -0.2) is 4.39 Å². The number of halogens is 1. The molecule has 18 heavy (non-hydrogen) atoms. The Morgan fingerprint density at radius 2 is 2.33 bits per heavy atom. The first-order valence-electron chi connectivity index (χ1n) is 5.09. The number of nitrogens with zero attached hydrogens (tertiary/aromatic N) is 2. The van der Waals surface area contributed by atoms with Gasteiger partial charge in [0.05, 0.1) is 11.0 Å². The Hall–Kier alpha value is -2.20. The van der Waals surface area contributed by atoms with Crippen molar-refractivity contribution >= 4 is 5.69 Å². The number of ether oxygens (including phenoxy) is 1. The zero-order valence-electron chi connectivity index (χ0n) is 9.94. The van der Waals surface area contributed by atoms with E-state index in [0.29, 0.717) is 0 Å². The van der Waals surface area contributed by atoms with Crippen LogP contribution in [0.15, 0.2) is 18.2 Å². The van der Waals surface area contributed by atoms with Crippen LogP contribution in [0, 0.1) is 27.3 Å². The quantitative estimate of drug-likeness (QED) is 0.636. The minimum absolute atomic E-state index is 0.135. The fraction of sp³-hybridized carbons (Fsp3) is 0.364. The van der Waals surface area contributed by atoms with Gasteiger partial charge in [-0.2, -0.15) is 5.26 Å². The molecule has 0 aliphatic carbocycles. The van der Waals surface area contributed by atoms with Crippen molar-refractivity contribution in [3.8, 4) is 11.8 Å². The van der Waals surface area contributed by atoms with Gasteiger partial charge in [0.1, 0.15) is 18.0 Å². The second kappa shape index (κ2) is 5.42. The van der Waals surface area contributed by atoms with E-state index in [1.54, 1.807) is 14.0 Å². The van der Waals surface area contributed by atoms with E-state index < -0.39 is 16.3 Å². The largest absolute Gasteiger partial charge is 0.484 e. The maximum absolute atomic E-state index is 13.0. The molecular weight excluding hydrogens is 241 g/mol. The van der Waals surface area contributed by atoms with Crippen molar-refractivity contribution < 1.29 is 14.1 Å². The third kappa shape index (κ3) is 3.15. The lowest BCUT2D eigenvalue weighted by molar-refractivity contribution is -0.386. The molecule has 1 rings (SSSR count). The smallest absolute Gasteiger partial charge is 0.311 e. The molecular formula is C11H12FN3O3. The van der Waals surface area contributed by atoms with Crippen molar-refractivity contribution in [2.75, 3.05) is 13.7 Å². The molecule has 6 nitrogen and oxygen atoms in total. The van der Waals surface area contributed by atoms with Crippen molar-refractivity contribution in [1.82, 2.24) is 5.32 Å². The van der Waals surface area contributed by atoms with Crippen LogP contribution in [0.25, 0.3) is 0 Å². The van der Waals surface area contributed by atoms with Crippen LogP contribution < -0.4 is 10.1 Å². The van der Waals surface area contributed by atoms with E-state index >= 15 is 0 Å². The highest BCUT2D eigenvalue weighted by atomic mass is 19.1. The monoisotopic (exact) mass is 253 g/mol. The first kappa shape index (κ1) is 13.9. The van der Waals surface area contributed by atoms with Crippen LogP contribution >= 0.6 is 0 Å². The number of likely N-dealkylation sites (N-methyl/N-ethyl adjacent to an activating group) is 1. The molecule has 0 heterocycles. The minimum Gasteiger partial charge on any atom is -0.484 e. The topological polar surface area (TPSA) is 88.2 Å². The molecule has 0 spiro atoms. The van der Waals surface area contributed by atoms with Gasteiger partial charge in [-0.05, 0) is 20.0 Å². The van der Waals surface area contributed by atoms with Crippen molar-refractivity contribution in [3.05, 3.63) is 34.1 Å². The maximum atomic E-state index is 13.0. The van der Waals surface area contributed by atoms with E-state index in [4.69, 9.17) is 10.00 Å². The third-order valence-corrected chi connectivity index (χ3v) is 2.43. The van der Waals surface area contributed by atoms with E-state index in [9.17, 15) is 14.5 Å². The number of rotatable bonds is 5. The second-order valence-electron chi connectivity index (χ2n) is 3.85. The van der Waals surface area contributed by atoms with Crippen LogP contribution in [0.1, 0.15) is 6.92 Å². The first-order valence-corrected chi connectivity index (χ1v) is 5.09. The van der Waals surface area contributed by atoms with E-state index in [-0.39, 0.29) is 18.0 Å². The fourth-order valence-electron chi connectivity index (χ4n) is 1.14. The summed E-state index contributed by atoms with van der Waals surface area (Å²) < 4.78 is 18.2. The Morgan fingerprint density at radius 1 is 1.67 bits per heavy atom. The molecule has 0 bridgehead atoms. The molecule has 0 saturated heterocycles. The van der Waals surface area contributed by atoms with Gasteiger partial charge in [-0.1, -0.05) is 0 Å². The molecule has 0 saturated carbocycles. The molecule has 0 aliphatic heterocycles. The summed E-state index contributed by atoms with van der Waals surface area (Å²) in [5.74, 6) is -0.838. The predicted molar refractivity (Wildman–Crippen MR) is 61.6 cm³/mol. The first-order chi connectivity index (χ1) is 8.41. The Bertz CT molecular complexity index is 501. The average molecular weight is 253 g/mol. The highest BCUT2D eigenvalue weighted by Crippen LogP contribution is 2.28. The number of benzene rings is 1. The molecule has 1 aromatic carbocycles. The highest BCUT2D eigenvalue weighted by molar-refractivity contribution is 5.46. The van der Waals surface area contributed by atoms with E-state index in [1.165, 1.54) is 0 Å². The fourth-order valence-corrected chi connectivity index (χ4v) is 1.14. The molecule has 0 aliphatic rings. The Balaban J connectivity index is 2.94. The van der Waals surface area contributed by atoms with Crippen molar-refractivity contribution in [3.63, 3.8) is 0 Å². The maximum Gasteiger partial charge on any atom is 0.311 e. The standard InChI is InChI=1S/C11H12FN3O3/c1-11(6-13,14-2)7-18-10-5-8(12)3-4-9(10)15(16)17/h3-5,14H,7H2,1-2H3. The predicted octanol–water partition coefficient (Wildman–Crippen LogP) is 1.61. The Labute approximate surface area is 103 Å². The van der Waals surface area contributed by atoms with Gasteiger partial charge < -0.3 is 4.74 Å². The molecule has 0 amide bonds. The molecule has 7 heteroatoms. The molecule has 1 atom stereocenters. The number of nitrogens with one attached hydrogen (secondary N) is 1. The zero-order valence-corrected chi connectivity index (χ0v) is 9.94. The van der Waals surface area contributed by atoms with Crippen LogP contribution in [0.3, 0.4) is 0 Å². The minimum atomic E-state index is -1.000. The van der Waals surface area contributed by atoms with Gasteiger partial charge in [-0.15, -0.1) is 0 Å². The Kier molecular flexibility index (Phi) is 4.18. The lowest BCUT2D eigenvalue weighted by atomic mass is 10.1. The summed E-state index contributed by atoms with van der Waals surface area (Å²) in [4.78, 5) is 10.1. The molecule has 0 aromatic heterocycles. The molecule has 0 fully saturated rings. The lowest BCUT2D eigenvalue weighted by Gasteiger charge is -2.20. The van der Waals surface area contributed by atoms with E-state index in [1.807, 2.05) is 6.07 Å². The summed E-state index contributed by atoms with van der Waals surface area (Å²) >= 11 is 0. The number of hydrogen-bond donors (Lipinski definition) is 1. The molecule has 1 unspecified atom stereocenters. The highest BCUT2D eigenvalue weighted by Gasteiger charge is 2.24. The van der Waals surface area contributed by atoms with Gasteiger partial charge in [0, 0.05) is 12.1 Å². The van der Waals surface area contributed by atoms with Gasteiger partial charge in [0.2, 0.25) is 0 Å². The van der Waals surface area contributed by atoms with Crippen LogP contribution in [0.5, 0.6) is 5.75 Å². The SMILES string of the molecule is CNC(C)(C#N)COc1cc(F)ccc1[N+](=O)[O-]. The number of nitro benzene ring substituents is 1. The number of hydrogen-bond acceptors (Lipinski definition) is 5. The summed E-state index contributed by atoms with van der Waals surface area (Å²) in [7, 11) is 1.56. The summed E-state index contributed by atoms with van der Waals surface area (Å²) in [6, 6.07) is 4.88. The molecule has 1 N–H and O–H groups in total. The van der Waals surface area contributed by atoms with Gasteiger partial charge in [-0.3, -0.25) is 15.4 Å².